The summed E-state index contributed by atoms with van der Waals surface area (Å²) < 4.78 is 14.1. The van der Waals surface area contributed by atoms with Crippen molar-refractivity contribution in [3.05, 3.63) is 48.3 Å². The van der Waals surface area contributed by atoms with E-state index in [1.165, 1.54) is 19.2 Å². The Hall–Kier alpha value is -4.18. The van der Waals surface area contributed by atoms with Crippen LogP contribution in [0.5, 0.6) is 5.75 Å². The van der Waals surface area contributed by atoms with Crippen LogP contribution in [-0.2, 0) is 0 Å². The average Bonchev–Trinajstić information content (AvgIpc) is 3.63. The minimum atomic E-state index is 0.348. The summed E-state index contributed by atoms with van der Waals surface area (Å²) in [6, 6.07) is 12.7. The number of hydrogen-bond donors (Lipinski definition) is 2. The first-order chi connectivity index (χ1) is 18.5. The number of hydrogen-bond acceptors (Lipinski definition) is 9. The third-order valence-corrected chi connectivity index (χ3v) is 6.99. The lowest BCUT2D eigenvalue weighted by atomic mass is 10.1. The first kappa shape index (κ1) is 24.2. The summed E-state index contributed by atoms with van der Waals surface area (Å²) in [5.74, 6) is 1.14. The number of nitrogen functional groups attached to an aromatic ring is 1. The fraction of sp³-hybridized carbons (Fsp3) is 0.357. The van der Waals surface area contributed by atoms with E-state index in [-0.39, 0.29) is 0 Å². The van der Waals surface area contributed by atoms with Crippen molar-refractivity contribution in [1.29, 1.82) is 0 Å². The Kier molecular flexibility index (Phi) is 6.32. The summed E-state index contributed by atoms with van der Waals surface area (Å²) >= 11 is 0. The SMILES string of the molecule is Cc1cc(OCCN(C)C)c2oc(Nc3ccc(-c4nn(C5CCCC5)c5ncnc(N)c45)cc3)nc2c1. The summed E-state index contributed by atoms with van der Waals surface area (Å²) in [7, 11) is 4.03. The monoisotopic (exact) mass is 512 g/mol. The lowest BCUT2D eigenvalue weighted by Crippen LogP contribution is -2.19. The van der Waals surface area contributed by atoms with Gasteiger partial charge < -0.3 is 25.1 Å². The Morgan fingerprint density at radius 1 is 1.13 bits per heavy atom. The van der Waals surface area contributed by atoms with Crippen LogP contribution in [0.2, 0.25) is 0 Å². The van der Waals surface area contributed by atoms with Gasteiger partial charge in [-0.05, 0) is 63.7 Å². The van der Waals surface area contributed by atoms with E-state index in [1.54, 1.807) is 0 Å². The number of rotatable bonds is 8. The minimum absolute atomic E-state index is 0.348. The predicted octanol–water partition coefficient (Wildman–Crippen LogP) is 5.32. The van der Waals surface area contributed by atoms with Crippen LogP contribution in [0.3, 0.4) is 0 Å². The normalized spacial score (nSPS) is 14.2. The highest BCUT2D eigenvalue weighted by atomic mass is 16.5. The number of nitrogens with one attached hydrogen (secondary N) is 1. The highest BCUT2D eigenvalue weighted by Crippen LogP contribution is 2.37. The van der Waals surface area contributed by atoms with Crippen molar-refractivity contribution in [3.63, 3.8) is 0 Å². The third-order valence-electron chi connectivity index (χ3n) is 6.99. The molecule has 0 atom stereocenters. The molecular formula is C28H32N8O2. The Balaban J connectivity index is 1.27. The summed E-state index contributed by atoms with van der Waals surface area (Å²) in [5, 5.41) is 9.04. The van der Waals surface area contributed by atoms with Gasteiger partial charge in [-0.15, -0.1) is 0 Å². The number of aryl methyl sites for hydroxylation is 1. The van der Waals surface area contributed by atoms with E-state index in [2.05, 4.69) is 25.2 Å². The molecule has 3 heterocycles. The highest BCUT2D eigenvalue weighted by molar-refractivity contribution is 5.98. The van der Waals surface area contributed by atoms with Gasteiger partial charge >= 0.3 is 0 Å². The molecule has 38 heavy (non-hydrogen) atoms. The smallest absolute Gasteiger partial charge is 0.300 e. The fourth-order valence-corrected chi connectivity index (χ4v) is 5.07. The van der Waals surface area contributed by atoms with Crippen LogP contribution in [0.1, 0.15) is 37.3 Å². The van der Waals surface area contributed by atoms with Crippen molar-refractivity contribution in [3.8, 4) is 17.0 Å². The maximum atomic E-state index is 6.29. The summed E-state index contributed by atoms with van der Waals surface area (Å²) in [5.41, 5.74) is 12.1. The summed E-state index contributed by atoms with van der Waals surface area (Å²) in [6.07, 6.45) is 6.15. The number of nitrogens with zero attached hydrogens (tertiary/aromatic N) is 6. The number of nitrogens with two attached hydrogens (primary N) is 1. The first-order valence-electron chi connectivity index (χ1n) is 13.0. The molecule has 3 aromatic heterocycles. The Bertz CT molecular complexity index is 1580. The number of likely N-dealkylation sites (N-methyl/N-ethyl adjacent to an activating group) is 1. The molecule has 0 unspecified atom stereocenters. The van der Waals surface area contributed by atoms with Gasteiger partial charge in [0.05, 0.1) is 11.4 Å². The molecule has 0 aliphatic heterocycles. The molecule has 1 fully saturated rings. The molecule has 0 radical (unpaired) electrons. The van der Waals surface area contributed by atoms with E-state index in [0.717, 1.165) is 58.4 Å². The number of ether oxygens (including phenoxy) is 1. The maximum absolute atomic E-state index is 6.29. The molecule has 10 heteroatoms. The zero-order chi connectivity index (χ0) is 26.2. The second-order valence-corrected chi connectivity index (χ2v) is 10.2. The van der Waals surface area contributed by atoms with Crippen LogP contribution in [0.15, 0.2) is 47.1 Å². The molecule has 0 saturated heterocycles. The van der Waals surface area contributed by atoms with Gasteiger partial charge in [0.25, 0.3) is 6.01 Å². The van der Waals surface area contributed by atoms with E-state index < -0.39 is 0 Å². The molecule has 6 rings (SSSR count). The first-order valence-corrected chi connectivity index (χ1v) is 13.0. The van der Waals surface area contributed by atoms with Crippen molar-refractivity contribution in [2.45, 2.75) is 38.6 Å². The van der Waals surface area contributed by atoms with Crippen molar-refractivity contribution in [2.24, 2.45) is 0 Å². The Morgan fingerprint density at radius 3 is 2.68 bits per heavy atom. The molecule has 3 N–H and O–H groups in total. The number of benzene rings is 2. The standard InChI is InChI=1S/C28H32N8O2/c1-17-14-21-25(22(15-17)37-13-12-35(2)3)38-28(33-21)32-19-10-8-18(9-11-19)24-23-26(29)30-16-31-27(23)36(34-24)20-6-4-5-7-20/h8-11,14-16,20H,4-7,12-13H2,1-3H3,(H,32,33)(H2,29,30,31). The second-order valence-electron chi connectivity index (χ2n) is 10.2. The molecule has 0 spiro atoms. The van der Waals surface area contributed by atoms with Gasteiger partial charge in [0.15, 0.2) is 17.0 Å². The van der Waals surface area contributed by atoms with E-state index in [9.17, 15) is 0 Å². The molecule has 0 bridgehead atoms. The zero-order valence-electron chi connectivity index (χ0n) is 21.9. The number of fused-ring (bicyclic) bond motifs is 2. The second kappa shape index (κ2) is 9.94. The van der Waals surface area contributed by atoms with Crippen LogP contribution < -0.4 is 15.8 Å². The third kappa shape index (κ3) is 4.63. The number of oxazole rings is 1. The van der Waals surface area contributed by atoms with E-state index in [1.807, 2.05) is 62.1 Å². The van der Waals surface area contributed by atoms with Crippen molar-refractivity contribution in [1.82, 2.24) is 29.6 Å². The number of anilines is 3. The zero-order valence-corrected chi connectivity index (χ0v) is 21.9. The molecule has 0 amide bonds. The van der Waals surface area contributed by atoms with Gasteiger partial charge in [-0.3, -0.25) is 0 Å². The van der Waals surface area contributed by atoms with Crippen LogP contribution in [-0.4, -0.2) is 56.9 Å². The quantitative estimate of drug-likeness (QED) is 0.284. The van der Waals surface area contributed by atoms with Crippen LogP contribution in [0, 0.1) is 6.92 Å². The molecule has 196 valence electrons. The number of aromatic nitrogens is 5. The molecule has 1 saturated carbocycles. The molecule has 5 aromatic rings. The molecule has 10 nitrogen and oxygen atoms in total. The van der Waals surface area contributed by atoms with Crippen molar-refractivity contribution in [2.75, 3.05) is 38.3 Å². The van der Waals surface area contributed by atoms with Gasteiger partial charge in [0.1, 0.15) is 30.0 Å². The van der Waals surface area contributed by atoms with Gasteiger partial charge in [-0.25, -0.2) is 14.6 Å². The van der Waals surface area contributed by atoms with Gasteiger partial charge in [0, 0.05) is 17.8 Å². The fourth-order valence-electron chi connectivity index (χ4n) is 5.07. The Labute approximate surface area is 220 Å². The lowest BCUT2D eigenvalue weighted by molar-refractivity contribution is 0.261. The molecule has 1 aliphatic rings. The molecular weight excluding hydrogens is 480 g/mol. The van der Waals surface area contributed by atoms with Crippen molar-refractivity contribution < 1.29 is 9.15 Å². The van der Waals surface area contributed by atoms with Crippen LogP contribution in [0.4, 0.5) is 17.5 Å². The van der Waals surface area contributed by atoms with E-state index in [0.29, 0.717) is 35.8 Å². The van der Waals surface area contributed by atoms with Crippen molar-refractivity contribution >= 4 is 39.7 Å². The van der Waals surface area contributed by atoms with Crippen LogP contribution in [0.25, 0.3) is 33.4 Å². The predicted molar refractivity (Wildman–Crippen MR) is 149 cm³/mol. The highest BCUT2D eigenvalue weighted by Gasteiger charge is 2.24. The van der Waals surface area contributed by atoms with Gasteiger partial charge in [-0.2, -0.15) is 10.1 Å². The lowest BCUT2D eigenvalue weighted by Gasteiger charge is -2.11. The largest absolute Gasteiger partial charge is 0.488 e. The summed E-state index contributed by atoms with van der Waals surface area (Å²) in [6.45, 7) is 3.40. The minimum Gasteiger partial charge on any atom is -0.488 e. The molecule has 2 aromatic carbocycles. The van der Waals surface area contributed by atoms with Crippen LogP contribution >= 0.6 is 0 Å². The maximum Gasteiger partial charge on any atom is 0.300 e. The van der Waals surface area contributed by atoms with E-state index in [4.69, 9.17) is 20.0 Å². The topological polar surface area (TPSA) is 120 Å². The average molecular weight is 513 g/mol. The molecule has 1 aliphatic carbocycles. The van der Waals surface area contributed by atoms with Gasteiger partial charge in [0.2, 0.25) is 0 Å². The van der Waals surface area contributed by atoms with E-state index >= 15 is 0 Å². The van der Waals surface area contributed by atoms with Gasteiger partial charge in [-0.1, -0.05) is 25.0 Å². The summed E-state index contributed by atoms with van der Waals surface area (Å²) in [4.78, 5) is 15.5. The Morgan fingerprint density at radius 2 is 1.92 bits per heavy atom.